The number of nitrogens with one attached hydrogen (secondary N) is 2. The second-order valence-electron chi connectivity index (χ2n) is 6.40. The molecule has 0 spiro atoms. The molecule has 0 saturated carbocycles. The summed E-state index contributed by atoms with van der Waals surface area (Å²) < 4.78 is 12.5. The summed E-state index contributed by atoms with van der Waals surface area (Å²) in [6, 6.07) is 15.4. The van der Waals surface area contributed by atoms with Gasteiger partial charge in [-0.15, -0.1) is 0 Å². The minimum atomic E-state index is -0.235. The van der Waals surface area contributed by atoms with E-state index in [2.05, 4.69) is 16.8 Å². The van der Waals surface area contributed by atoms with Crippen molar-refractivity contribution >= 4 is 12.7 Å². The number of hydrogen-bond donors (Lipinski definition) is 2. The van der Waals surface area contributed by atoms with E-state index in [1.54, 1.807) is 25.0 Å². The third kappa shape index (κ3) is 3.45. The average molecular weight is 388 g/mol. The van der Waals surface area contributed by atoms with Gasteiger partial charge in [-0.2, -0.15) is 5.10 Å². The zero-order valence-electron chi connectivity index (χ0n) is 16.1. The Kier molecular flexibility index (Phi) is 4.78. The molecule has 29 heavy (non-hydrogen) atoms. The van der Waals surface area contributed by atoms with Gasteiger partial charge in [-0.3, -0.25) is 15.0 Å². The number of aromatic nitrogens is 4. The van der Waals surface area contributed by atoms with Crippen molar-refractivity contribution in [3.05, 3.63) is 81.2 Å². The molecule has 0 aliphatic heterocycles. The third-order valence-corrected chi connectivity index (χ3v) is 4.62. The molecule has 2 aromatic heterocycles. The standard InChI is InChI=1S/C22H20N4O3/c1-14-18(22(27)24-23-14)11-16-13-26(17-7-5-4-6-8-17)25-21(16)15-9-10-19(28-2)20(12-15)29-3/h4-13,23H,1H2,2-3H3,(H,24,27)/b18-11+. The van der Waals surface area contributed by atoms with Crippen molar-refractivity contribution in [3.63, 3.8) is 0 Å². The van der Waals surface area contributed by atoms with Crippen LogP contribution in [0.5, 0.6) is 11.5 Å². The number of aromatic amines is 2. The van der Waals surface area contributed by atoms with Gasteiger partial charge >= 0.3 is 0 Å². The fourth-order valence-corrected chi connectivity index (χ4v) is 3.13. The SMILES string of the molecule is C=c1[nH][nH]c(=O)/c1=C/c1cn(-c2ccccc2)nc1-c1ccc(OC)c(OC)c1. The topological polar surface area (TPSA) is 84.9 Å². The van der Waals surface area contributed by atoms with Gasteiger partial charge in [-0.05, 0) is 36.4 Å². The van der Waals surface area contributed by atoms with Gasteiger partial charge in [0.05, 0.1) is 30.5 Å². The Morgan fingerprint density at radius 3 is 2.45 bits per heavy atom. The molecule has 4 rings (SSSR count). The van der Waals surface area contributed by atoms with Crippen molar-refractivity contribution in [1.82, 2.24) is 20.0 Å². The van der Waals surface area contributed by atoms with Crippen LogP contribution in [-0.2, 0) is 0 Å². The van der Waals surface area contributed by atoms with E-state index >= 15 is 0 Å². The monoisotopic (exact) mass is 388 g/mol. The van der Waals surface area contributed by atoms with Crippen molar-refractivity contribution in [3.8, 4) is 28.4 Å². The number of H-pyrrole nitrogens is 2. The number of benzene rings is 2. The predicted octanol–water partition coefficient (Wildman–Crippen LogP) is 1.81. The third-order valence-electron chi connectivity index (χ3n) is 4.62. The Balaban J connectivity index is 1.95. The molecule has 0 aliphatic carbocycles. The molecule has 0 fully saturated rings. The Morgan fingerprint density at radius 1 is 1.03 bits per heavy atom. The summed E-state index contributed by atoms with van der Waals surface area (Å²) in [7, 11) is 3.18. The number of rotatable bonds is 5. The molecule has 7 nitrogen and oxygen atoms in total. The maximum Gasteiger partial charge on any atom is 0.271 e. The molecular weight excluding hydrogens is 368 g/mol. The van der Waals surface area contributed by atoms with Crippen LogP contribution >= 0.6 is 0 Å². The average Bonchev–Trinajstić information content (AvgIpc) is 3.32. The first-order chi connectivity index (χ1) is 14.1. The zero-order chi connectivity index (χ0) is 20.4. The molecule has 0 unspecified atom stereocenters. The van der Waals surface area contributed by atoms with E-state index in [0.717, 1.165) is 16.8 Å². The summed E-state index contributed by atoms with van der Waals surface area (Å²) in [5.74, 6) is 1.23. The van der Waals surface area contributed by atoms with Crippen LogP contribution in [0.15, 0.2) is 59.5 Å². The van der Waals surface area contributed by atoms with E-state index in [9.17, 15) is 4.79 Å². The lowest BCUT2D eigenvalue weighted by molar-refractivity contribution is 0.355. The summed E-state index contributed by atoms with van der Waals surface area (Å²) in [4.78, 5) is 12.1. The highest BCUT2D eigenvalue weighted by atomic mass is 16.5. The largest absolute Gasteiger partial charge is 0.493 e. The number of methoxy groups -OCH3 is 2. The van der Waals surface area contributed by atoms with E-state index in [4.69, 9.17) is 14.6 Å². The highest BCUT2D eigenvalue weighted by Crippen LogP contribution is 2.33. The minimum Gasteiger partial charge on any atom is -0.493 e. The Labute approximate surface area is 166 Å². The summed E-state index contributed by atoms with van der Waals surface area (Å²) in [6.45, 7) is 3.87. The quantitative estimate of drug-likeness (QED) is 0.546. The Hall–Kier alpha value is -4.00. The fraction of sp³-hybridized carbons (Fsp3) is 0.0909. The molecular formula is C22H20N4O3. The van der Waals surface area contributed by atoms with Crippen LogP contribution in [0.3, 0.4) is 0 Å². The normalized spacial score (nSPS) is 11.6. The van der Waals surface area contributed by atoms with Gasteiger partial charge in [0.25, 0.3) is 5.56 Å². The van der Waals surface area contributed by atoms with Crippen LogP contribution in [0.2, 0.25) is 0 Å². The van der Waals surface area contributed by atoms with Crippen molar-refractivity contribution in [2.45, 2.75) is 0 Å². The van der Waals surface area contributed by atoms with Crippen molar-refractivity contribution in [1.29, 1.82) is 0 Å². The maximum atomic E-state index is 12.1. The zero-order valence-corrected chi connectivity index (χ0v) is 16.1. The smallest absolute Gasteiger partial charge is 0.271 e. The first kappa shape index (κ1) is 18.4. The van der Waals surface area contributed by atoms with E-state index in [-0.39, 0.29) is 5.56 Å². The summed E-state index contributed by atoms with van der Waals surface area (Å²) in [5.41, 5.74) is 2.99. The van der Waals surface area contributed by atoms with Gasteiger partial charge in [0, 0.05) is 17.3 Å². The Morgan fingerprint density at radius 2 is 1.79 bits per heavy atom. The van der Waals surface area contributed by atoms with Crippen molar-refractivity contribution in [2.24, 2.45) is 0 Å². The molecule has 4 aromatic rings. The first-order valence-corrected chi connectivity index (χ1v) is 8.95. The van der Waals surface area contributed by atoms with E-state index in [1.807, 2.05) is 54.7 Å². The number of nitrogens with zero attached hydrogens (tertiary/aromatic N) is 2. The second-order valence-corrected chi connectivity index (χ2v) is 6.40. The van der Waals surface area contributed by atoms with Crippen LogP contribution < -0.4 is 25.6 Å². The molecule has 7 heteroatoms. The summed E-state index contributed by atoms with van der Waals surface area (Å²) >= 11 is 0. The molecule has 0 radical (unpaired) electrons. The molecule has 0 atom stereocenters. The lowest BCUT2D eigenvalue weighted by Crippen LogP contribution is -2.32. The number of ether oxygens (including phenoxy) is 2. The van der Waals surface area contributed by atoms with Crippen molar-refractivity contribution < 1.29 is 9.47 Å². The van der Waals surface area contributed by atoms with Crippen LogP contribution in [0, 0.1) is 0 Å². The predicted molar refractivity (Wildman–Crippen MR) is 112 cm³/mol. The molecule has 0 amide bonds. The minimum absolute atomic E-state index is 0.235. The molecule has 2 heterocycles. The highest BCUT2D eigenvalue weighted by molar-refractivity contribution is 5.73. The van der Waals surface area contributed by atoms with Gasteiger partial charge in [-0.1, -0.05) is 24.8 Å². The van der Waals surface area contributed by atoms with Crippen molar-refractivity contribution in [2.75, 3.05) is 14.2 Å². The molecule has 2 aromatic carbocycles. The van der Waals surface area contributed by atoms with Crippen LogP contribution in [0.25, 0.3) is 29.6 Å². The van der Waals surface area contributed by atoms with Crippen LogP contribution in [-0.4, -0.2) is 34.2 Å². The number of hydrogen-bond acceptors (Lipinski definition) is 4. The van der Waals surface area contributed by atoms with Gasteiger partial charge in [0.1, 0.15) is 5.69 Å². The van der Waals surface area contributed by atoms with Gasteiger partial charge < -0.3 is 9.47 Å². The number of para-hydroxylation sites is 1. The summed E-state index contributed by atoms with van der Waals surface area (Å²) in [5, 5.41) is 11.0. The molecule has 0 saturated heterocycles. The van der Waals surface area contributed by atoms with Gasteiger partial charge in [-0.25, -0.2) is 4.68 Å². The second kappa shape index (κ2) is 7.55. The van der Waals surface area contributed by atoms with Gasteiger partial charge in [0.2, 0.25) is 0 Å². The van der Waals surface area contributed by atoms with E-state index in [1.165, 1.54) is 0 Å². The van der Waals surface area contributed by atoms with E-state index < -0.39 is 0 Å². The van der Waals surface area contributed by atoms with Gasteiger partial charge in [0.15, 0.2) is 11.5 Å². The highest BCUT2D eigenvalue weighted by Gasteiger charge is 2.14. The Bertz CT molecular complexity index is 1290. The molecule has 2 N–H and O–H groups in total. The van der Waals surface area contributed by atoms with E-state index in [0.29, 0.717) is 27.8 Å². The van der Waals surface area contributed by atoms with Crippen LogP contribution in [0.1, 0.15) is 5.56 Å². The molecule has 0 bridgehead atoms. The first-order valence-electron chi connectivity index (χ1n) is 8.95. The fourth-order valence-electron chi connectivity index (χ4n) is 3.13. The lowest BCUT2D eigenvalue weighted by atomic mass is 10.1. The summed E-state index contributed by atoms with van der Waals surface area (Å²) in [6.07, 6.45) is 3.66. The lowest BCUT2D eigenvalue weighted by Gasteiger charge is -2.09. The molecule has 146 valence electrons. The molecule has 0 aliphatic rings. The maximum absolute atomic E-state index is 12.1. The van der Waals surface area contributed by atoms with Crippen LogP contribution in [0.4, 0.5) is 0 Å².